The molecule has 0 spiro atoms. The normalized spacial score (nSPS) is 17.6. The lowest BCUT2D eigenvalue weighted by Gasteiger charge is -2.35. The largest absolute Gasteiger partial charge is 0.465 e. The summed E-state index contributed by atoms with van der Waals surface area (Å²) in [6.07, 6.45) is 2.29. The van der Waals surface area contributed by atoms with Crippen LogP contribution in [0.4, 0.5) is 23.2 Å². The number of aromatic nitrogens is 4. The van der Waals surface area contributed by atoms with Crippen molar-refractivity contribution in [3.8, 4) is 11.6 Å². The van der Waals surface area contributed by atoms with Crippen molar-refractivity contribution in [1.29, 1.82) is 0 Å². The zero-order valence-electron chi connectivity index (χ0n) is 24.9. The minimum Gasteiger partial charge on any atom is -0.465 e. The van der Waals surface area contributed by atoms with E-state index in [-0.39, 0.29) is 48.2 Å². The number of anilines is 1. The quantitative estimate of drug-likeness (QED) is 0.194. The Bertz CT molecular complexity index is 1440. The van der Waals surface area contributed by atoms with Gasteiger partial charge in [0.05, 0.1) is 49.9 Å². The van der Waals surface area contributed by atoms with Crippen molar-refractivity contribution < 1.29 is 41.4 Å². The summed E-state index contributed by atoms with van der Waals surface area (Å²) in [6, 6.07) is 2.08. The molecule has 1 aliphatic rings. The van der Waals surface area contributed by atoms with Crippen molar-refractivity contribution in [2.45, 2.75) is 64.7 Å². The number of ether oxygens (including phenoxy) is 3. The molecule has 1 aliphatic carbocycles. The van der Waals surface area contributed by atoms with Crippen molar-refractivity contribution in [1.82, 2.24) is 20.0 Å². The summed E-state index contributed by atoms with van der Waals surface area (Å²) in [5.74, 6) is -3.82. The fourth-order valence-electron chi connectivity index (χ4n) is 5.30. The minimum absolute atomic E-state index is 0.0804. The molecular formula is C30H35F4N5O5. The van der Waals surface area contributed by atoms with E-state index in [1.165, 1.54) is 35.4 Å². The van der Waals surface area contributed by atoms with Crippen LogP contribution in [0.1, 0.15) is 61.0 Å². The Morgan fingerprint density at radius 2 is 1.77 bits per heavy atom. The molecule has 0 saturated heterocycles. The van der Waals surface area contributed by atoms with Crippen LogP contribution < -0.4 is 9.64 Å². The smallest absolute Gasteiger partial charge is 0.421 e. The Morgan fingerprint density at radius 3 is 2.39 bits per heavy atom. The van der Waals surface area contributed by atoms with Gasteiger partial charge in [-0.05, 0) is 56.6 Å². The molecule has 1 fully saturated rings. The number of hydrogen-bond acceptors (Lipinski definition) is 8. The van der Waals surface area contributed by atoms with Gasteiger partial charge >= 0.3 is 12.1 Å². The maximum atomic E-state index is 15.7. The summed E-state index contributed by atoms with van der Waals surface area (Å²) in [5, 5.41) is 7.85. The van der Waals surface area contributed by atoms with Crippen molar-refractivity contribution >= 4 is 17.6 Å². The first-order valence-corrected chi connectivity index (χ1v) is 14.2. The number of carbonyl (C=O) groups excluding carboxylic acids is 2. The van der Waals surface area contributed by atoms with Gasteiger partial charge in [-0.1, -0.05) is 6.92 Å². The van der Waals surface area contributed by atoms with Crippen LogP contribution in [0.5, 0.6) is 11.6 Å². The first-order chi connectivity index (χ1) is 20.9. The summed E-state index contributed by atoms with van der Waals surface area (Å²) in [4.78, 5) is 33.2. The summed E-state index contributed by atoms with van der Waals surface area (Å²) in [7, 11) is 2.55. The number of hydrogen-bond donors (Lipinski definition) is 0. The zero-order chi connectivity index (χ0) is 32.0. The van der Waals surface area contributed by atoms with Crippen molar-refractivity contribution in [2.24, 2.45) is 11.8 Å². The van der Waals surface area contributed by atoms with E-state index < -0.39 is 41.2 Å². The number of carbonyl (C=O) groups is 2. The van der Waals surface area contributed by atoms with Crippen LogP contribution in [0, 0.1) is 17.7 Å². The molecule has 4 rings (SSSR count). The standard InChI is InChI=1S/C30H35F4N5O5/c1-18-5-7-21(8-6-18)28(40)39(19(2)17-42-3)25-15-24(31)26(14-22(25)29(41)43-4)44-27-23(30(32,33)34)13-20(16-35-27)9-12-38-36-10-11-37-38/h10-11,13-16,18-19,21H,5-9,12,17H2,1-4H3/t18?,19-,21?/m0/s1. The Kier molecular flexibility index (Phi) is 10.6. The summed E-state index contributed by atoms with van der Waals surface area (Å²) >= 11 is 0. The van der Waals surface area contributed by atoms with Crippen LogP contribution in [-0.4, -0.2) is 58.7 Å². The molecule has 0 unspecified atom stereocenters. The molecule has 0 bridgehead atoms. The second-order valence-electron chi connectivity index (χ2n) is 10.9. The van der Waals surface area contributed by atoms with Crippen molar-refractivity contribution in [3.05, 3.63) is 59.3 Å². The molecule has 1 saturated carbocycles. The predicted molar refractivity (Wildman–Crippen MR) is 151 cm³/mol. The van der Waals surface area contributed by atoms with Gasteiger partial charge in [0.15, 0.2) is 11.6 Å². The highest BCUT2D eigenvalue weighted by Crippen LogP contribution is 2.40. The van der Waals surface area contributed by atoms with Gasteiger partial charge in [-0.2, -0.15) is 28.2 Å². The molecule has 1 amide bonds. The molecule has 0 N–H and O–H groups in total. The molecule has 10 nitrogen and oxygen atoms in total. The third-order valence-corrected chi connectivity index (χ3v) is 7.65. The van der Waals surface area contributed by atoms with Crippen LogP contribution in [0.25, 0.3) is 0 Å². The Hall–Kier alpha value is -4.07. The monoisotopic (exact) mass is 621 g/mol. The highest BCUT2D eigenvalue weighted by molar-refractivity contribution is 6.04. The molecule has 2 aromatic heterocycles. The number of pyridine rings is 1. The van der Waals surface area contributed by atoms with Gasteiger partial charge in [0.1, 0.15) is 5.56 Å². The number of halogens is 4. The number of rotatable bonds is 11. The van der Waals surface area contributed by atoms with Crippen LogP contribution in [0.15, 0.2) is 36.8 Å². The van der Waals surface area contributed by atoms with E-state index in [1.54, 1.807) is 6.92 Å². The molecule has 0 aliphatic heterocycles. The van der Waals surface area contributed by atoms with E-state index in [1.807, 2.05) is 0 Å². The summed E-state index contributed by atoms with van der Waals surface area (Å²) < 4.78 is 73.4. The zero-order valence-corrected chi connectivity index (χ0v) is 24.9. The van der Waals surface area contributed by atoms with E-state index in [0.29, 0.717) is 18.8 Å². The third-order valence-electron chi connectivity index (χ3n) is 7.65. The van der Waals surface area contributed by atoms with Gasteiger partial charge in [-0.25, -0.2) is 14.2 Å². The lowest BCUT2D eigenvalue weighted by molar-refractivity contribution is -0.139. The van der Waals surface area contributed by atoms with E-state index in [0.717, 1.165) is 38.2 Å². The molecule has 1 aromatic carbocycles. The van der Waals surface area contributed by atoms with Crippen LogP contribution in [0.2, 0.25) is 0 Å². The second kappa shape index (κ2) is 14.1. The first-order valence-electron chi connectivity index (χ1n) is 14.2. The third kappa shape index (κ3) is 7.71. The number of aryl methyl sites for hydroxylation is 2. The average Bonchev–Trinajstić information content (AvgIpc) is 3.51. The summed E-state index contributed by atoms with van der Waals surface area (Å²) in [5.41, 5.74) is -1.36. The number of esters is 1. The average molecular weight is 622 g/mol. The predicted octanol–water partition coefficient (Wildman–Crippen LogP) is 5.85. The molecule has 1 atom stereocenters. The molecular weight excluding hydrogens is 586 g/mol. The molecule has 2 heterocycles. The number of amides is 1. The lowest BCUT2D eigenvalue weighted by Crippen LogP contribution is -2.46. The van der Waals surface area contributed by atoms with Gasteiger partial charge in [0.25, 0.3) is 0 Å². The summed E-state index contributed by atoms with van der Waals surface area (Å²) in [6.45, 7) is 4.10. The van der Waals surface area contributed by atoms with Crippen LogP contribution in [-0.2, 0) is 33.4 Å². The van der Waals surface area contributed by atoms with Crippen molar-refractivity contribution in [3.63, 3.8) is 0 Å². The maximum absolute atomic E-state index is 15.7. The van der Waals surface area contributed by atoms with Gasteiger partial charge in [0.2, 0.25) is 11.8 Å². The van der Waals surface area contributed by atoms with E-state index in [4.69, 9.17) is 14.2 Å². The maximum Gasteiger partial charge on any atom is 0.421 e. The van der Waals surface area contributed by atoms with Crippen LogP contribution in [0.3, 0.4) is 0 Å². The molecule has 238 valence electrons. The highest BCUT2D eigenvalue weighted by Gasteiger charge is 2.37. The lowest BCUT2D eigenvalue weighted by atomic mass is 9.82. The first kappa shape index (κ1) is 32.8. The number of alkyl halides is 3. The number of methoxy groups -OCH3 is 2. The van der Waals surface area contributed by atoms with Gasteiger partial charge in [-0.3, -0.25) is 4.79 Å². The fourth-order valence-corrected chi connectivity index (χ4v) is 5.30. The Balaban J connectivity index is 1.71. The molecule has 3 aromatic rings. The highest BCUT2D eigenvalue weighted by atomic mass is 19.4. The number of benzene rings is 1. The van der Waals surface area contributed by atoms with Gasteiger partial charge in [0, 0.05) is 31.4 Å². The Morgan fingerprint density at radius 1 is 1.09 bits per heavy atom. The van der Waals surface area contributed by atoms with E-state index in [2.05, 4.69) is 22.1 Å². The topological polar surface area (TPSA) is 109 Å². The van der Waals surface area contributed by atoms with Gasteiger partial charge < -0.3 is 19.1 Å². The number of nitrogens with zero attached hydrogens (tertiary/aromatic N) is 5. The molecule has 0 radical (unpaired) electrons. The van der Waals surface area contributed by atoms with E-state index in [9.17, 15) is 22.8 Å². The molecule has 44 heavy (non-hydrogen) atoms. The minimum atomic E-state index is -4.89. The Labute approximate surface area is 252 Å². The van der Waals surface area contributed by atoms with Crippen LogP contribution >= 0.6 is 0 Å². The SMILES string of the molecule is COC[C@H](C)N(C(=O)C1CCC(C)CC1)c1cc(F)c(Oc2ncc(CCn3nccn3)cc2C(F)(F)F)cc1C(=O)OC. The van der Waals surface area contributed by atoms with Gasteiger partial charge in [-0.15, -0.1) is 0 Å². The van der Waals surface area contributed by atoms with E-state index >= 15 is 4.39 Å². The fraction of sp³-hybridized carbons (Fsp3) is 0.500. The van der Waals surface area contributed by atoms with Crippen molar-refractivity contribution in [2.75, 3.05) is 25.7 Å². The second-order valence-corrected chi connectivity index (χ2v) is 10.9. The molecule has 14 heteroatoms.